The van der Waals surface area contributed by atoms with Gasteiger partial charge in [-0.05, 0) is 24.5 Å². The minimum atomic E-state index is -0.480. The van der Waals surface area contributed by atoms with Crippen LogP contribution in [-0.4, -0.2) is 30.1 Å². The first-order valence-electron chi connectivity index (χ1n) is 9.04. The molecule has 0 bridgehead atoms. The minimum Gasteiger partial charge on any atom is -0.507 e. The zero-order valence-electron chi connectivity index (χ0n) is 16.7. The molecule has 0 aromatic heterocycles. The van der Waals surface area contributed by atoms with Gasteiger partial charge in [0, 0.05) is 16.7 Å². The molecule has 5 nitrogen and oxygen atoms in total. The van der Waals surface area contributed by atoms with E-state index < -0.39 is 11.4 Å². The molecule has 28 heavy (non-hydrogen) atoms. The number of phenolic OH excluding ortho intramolecular Hbond substituents is 1. The summed E-state index contributed by atoms with van der Waals surface area (Å²) >= 11 is 0. The first-order chi connectivity index (χ1) is 13.1. The van der Waals surface area contributed by atoms with Gasteiger partial charge in [0.05, 0.1) is 5.56 Å². The van der Waals surface area contributed by atoms with E-state index in [-0.39, 0.29) is 30.3 Å². The fraction of sp³-hybridized carbons (Fsp3) is 0.304. The van der Waals surface area contributed by atoms with Crippen LogP contribution in [-0.2, 0) is 14.9 Å². The Morgan fingerprint density at radius 3 is 2.25 bits per heavy atom. The number of carbonyl (C=O) groups excluding carboxylic acids is 2. The summed E-state index contributed by atoms with van der Waals surface area (Å²) in [6.07, 6.45) is 0. The molecule has 0 radical (unpaired) electrons. The van der Waals surface area contributed by atoms with E-state index in [4.69, 9.17) is 9.47 Å². The molecule has 0 aliphatic carbocycles. The third-order valence-corrected chi connectivity index (χ3v) is 4.09. The quantitative estimate of drug-likeness (QED) is 0.332. The Balaban J connectivity index is 2.28. The standard InChI is InChI=1S/C23H26O5/c1-15(2)22(26)28-14-13-27-18-12-11-17(21(25)19(18)23(3,4)5)20(24)16-9-7-6-8-10-16/h6-12,25H,1,13-14H2,2-5H3. The van der Waals surface area contributed by atoms with Crippen LogP contribution in [0.15, 0.2) is 54.6 Å². The predicted octanol–water partition coefficient (Wildman–Crippen LogP) is 4.42. The Bertz CT molecular complexity index is 876. The van der Waals surface area contributed by atoms with Gasteiger partial charge >= 0.3 is 5.97 Å². The summed E-state index contributed by atoms with van der Waals surface area (Å²) in [5, 5.41) is 10.9. The molecule has 0 heterocycles. The van der Waals surface area contributed by atoms with Gasteiger partial charge in [-0.25, -0.2) is 4.79 Å². The molecule has 0 fully saturated rings. The fourth-order valence-corrected chi connectivity index (χ4v) is 2.76. The molecule has 2 rings (SSSR count). The van der Waals surface area contributed by atoms with E-state index in [1.165, 1.54) is 0 Å². The van der Waals surface area contributed by atoms with Gasteiger partial charge in [0.1, 0.15) is 24.7 Å². The molecule has 148 valence electrons. The zero-order chi connectivity index (χ0) is 20.9. The van der Waals surface area contributed by atoms with E-state index in [0.717, 1.165) is 0 Å². The molecule has 0 aliphatic heterocycles. The number of rotatable bonds is 7. The van der Waals surface area contributed by atoms with Gasteiger partial charge in [-0.3, -0.25) is 4.79 Å². The lowest BCUT2D eigenvalue weighted by molar-refractivity contribution is -0.139. The van der Waals surface area contributed by atoms with E-state index >= 15 is 0 Å². The van der Waals surface area contributed by atoms with E-state index in [1.54, 1.807) is 43.3 Å². The molecule has 1 N–H and O–H groups in total. The maximum absolute atomic E-state index is 12.8. The molecule has 5 heteroatoms. The van der Waals surface area contributed by atoms with Crippen molar-refractivity contribution < 1.29 is 24.2 Å². The Labute approximate surface area is 165 Å². The van der Waals surface area contributed by atoms with E-state index in [2.05, 4.69) is 6.58 Å². The van der Waals surface area contributed by atoms with Crippen molar-refractivity contribution in [2.75, 3.05) is 13.2 Å². The molecule has 0 unspecified atom stereocenters. The van der Waals surface area contributed by atoms with Crippen LogP contribution in [0.4, 0.5) is 0 Å². The molecule has 0 saturated heterocycles. The van der Waals surface area contributed by atoms with Gasteiger partial charge in [0.25, 0.3) is 0 Å². The molecule has 0 aliphatic rings. The average molecular weight is 382 g/mol. The van der Waals surface area contributed by atoms with Gasteiger partial charge in [0.2, 0.25) is 0 Å². The average Bonchev–Trinajstić information content (AvgIpc) is 2.64. The summed E-state index contributed by atoms with van der Waals surface area (Å²) in [6.45, 7) is 11.0. The smallest absolute Gasteiger partial charge is 0.333 e. The molecule has 0 atom stereocenters. The van der Waals surface area contributed by atoms with Crippen molar-refractivity contribution in [1.29, 1.82) is 0 Å². The summed E-state index contributed by atoms with van der Waals surface area (Å²) in [4.78, 5) is 24.2. The zero-order valence-corrected chi connectivity index (χ0v) is 16.7. The molecular weight excluding hydrogens is 356 g/mol. The molecule has 0 spiro atoms. The maximum atomic E-state index is 12.8. The van der Waals surface area contributed by atoms with Gasteiger partial charge in [0.15, 0.2) is 5.78 Å². The Hall–Kier alpha value is -3.08. The van der Waals surface area contributed by atoms with Crippen LogP contribution < -0.4 is 4.74 Å². The number of ether oxygens (including phenoxy) is 2. The van der Waals surface area contributed by atoms with E-state index in [1.807, 2.05) is 26.8 Å². The van der Waals surface area contributed by atoms with E-state index in [9.17, 15) is 14.7 Å². The van der Waals surface area contributed by atoms with Crippen molar-refractivity contribution in [3.63, 3.8) is 0 Å². The predicted molar refractivity (Wildman–Crippen MR) is 108 cm³/mol. The Morgan fingerprint density at radius 2 is 1.68 bits per heavy atom. The van der Waals surface area contributed by atoms with Crippen LogP contribution in [0.5, 0.6) is 11.5 Å². The van der Waals surface area contributed by atoms with Crippen LogP contribution in [0.1, 0.15) is 49.2 Å². The van der Waals surface area contributed by atoms with Crippen LogP contribution in [0.25, 0.3) is 0 Å². The number of hydrogen-bond acceptors (Lipinski definition) is 5. The molecule has 0 amide bonds. The number of benzene rings is 2. The maximum Gasteiger partial charge on any atom is 0.333 e. The number of ketones is 1. The number of phenols is 1. The first kappa shape index (κ1) is 21.2. The summed E-state index contributed by atoms with van der Waals surface area (Å²) in [7, 11) is 0. The Kier molecular flexibility index (Phi) is 6.62. The first-order valence-corrected chi connectivity index (χ1v) is 9.04. The summed E-state index contributed by atoms with van der Waals surface area (Å²) in [6, 6.07) is 12.0. The highest BCUT2D eigenvalue weighted by molar-refractivity contribution is 6.11. The van der Waals surface area contributed by atoms with Crippen molar-refractivity contribution in [2.45, 2.75) is 33.1 Å². The van der Waals surface area contributed by atoms with Gasteiger partial charge < -0.3 is 14.6 Å². The molecule has 2 aromatic carbocycles. The summed E-state index contributed by atoms with van der Waals surface area (Å²) in [5.41, 5.74) is 1.09. The lowest BCUT2D eigenvalue weighted by atomic mass is 9.83. The lowest BCUT2D eigenvalue weighted by Gasteiger charge is -2.25. The van der Waals surface area contributed by atoms with E-state index in [0.29, 0.717) is 22.4 Å². The van der Waals surface area contributed by atoms with Crippen LogP contribution >= 0.6 is 0 Å². The summed E-state index contributed by atoms with van der Waals surface area (Å²) in [5.74, 6) is -0.393. The monoisotopic (exact) mass is 382 g/mol. The van der Waals surface area contributed by atoms with Gasteiger partial charge in [-0.15, -0.1) is 0 Å². The van der Waals surface area contributed by atoms with Crippen molar-refractivity contribution in [3.05, 3.63) is 71.3 Å². The number of esters is 1. The largest absolute Gasteiger partial charge is 0.507 e. The normalized spacial score (nSPS) is 11.0. The number of hydrogen-bond donors (Lipinski definition) is 1. The minimum absolute atomic E-state index is 0.0563. The van der Waals surface area contributed by atoms with Crippen molar-refractivity contribution in [3.8, 4) is 11.5 Å². The fourth-order valence-electron chi connectivity index (χ4n) is 2.76. The highest BCUT2D eigenvalue weighted by Gasteiger charge is 2.27. The second-order valence-electron chi connectivity index (χ2n) is 7.54. The SMILES string of the molecule is C=C(C)C(=O)OCCOc1ccc(C(=O)c2ccccc2)c(O)c1C(C)(C)C. The molecular formula is C23H26O5. The lowest BCUT2D eigenvalue weighted by Crippen LogP contribution is -2.18. The second kappa shape index (κ2) is 8.74. The van der Waals surface area contributed by atoms with Gasteiger partial charge in [-0.2, -0.15) is 0 Å². The third kappa shape index (κ3) is 5.00. The highest BCUT2D eigenvalue weighted by Crippen LogP contribution is 2.41. The van der Waals surface area contributed by atoms with Crippen molar-refractivity contribution >= 4 is 11.8 Å². The number of carbonyl (C=O) groups is 2. The van der Waals surface area contributed by atoms with Crippen LogP contribution in [0.2, 0.25) is 0 Å². The Morgan fingerprint density at radius 1 is 1.04 bits per heavy atom. The highest BCUT2D eigenvalue weighted by atomic mass is 16.6. The van der Waals surface area contributed by atoms with Crippen LogP contribution in [0, 0.1) is 0 Å². The topological polar surface area (TPSA) is 72.8 Å². The second-order valence-corrected chi connectivity index (χ2v) is 7.54. The molecule has 0 saturated carbocycles. The van der Waals surface area contributed by atoms with Crippen LogP contribution in [0.3, 0.4) is 0 Å². The molecule has 2 aromatic rings. The third-order valence-electron chi connectivity index (χ3n) is 4.09. The van der Waals surface area contributed by atoms with Gasteiger partial charge in [-0.1, -0.05) is 57.7 Å². The number of aromatic hydroxyl groups is 1. The van der Waals surface area contributed by atoms with Crippen molar-refractivity contribution in [1.82, 2.24) is 0 Å². The van der Waals surface area contributed by atoms with Crippen molar-refractivity contribution in [2.24, 2.45) is 0 Å². The summed E-state index contributed by atoms with van der Waals surface area (Å²) < 4.78 is 10.8.